The molecule has 0 aromatic carbocycles. The van der Waals surface area contributed by atoms with Gasteiger partial charge in [-0.05, 0) is 42.4 Å². The summed E-state index contributed by atoms with van der Waals surface area (Å²) in [5.41, 5.74) is 1.05. The summed E-state index contributed by atoms with van der Waals surface area (Å²) in [6.45, 7) is 2.93. The van der Waals surface area contributed by atoms with Gasteiger partial charge in [-0.3, -0.25) is 9.78 Å². The maximum absolute atomic E-state index is 12.1. The van der Waals surface area contributed by atoms with Gasteiger partial charge >= 0.3 is 5.97 Å². The van der Waals surface area contributed by atoms with Gasteiger partial charge in [-0.15, -0.1) is 0 Å². The molecule has 21 heavy (non-hydrogen) atoms. The van der Waals surface area contributed by atoms with E-state index >= 15 is 0 Å². The molecule has 2 rings (SSSR count). The molecule has 0 bridgehead atoms. The van der Waals surface area contributed by atoms with Crippen LogP contribution >= 0.6 is 0 Å². The summed E-state index contributed by atoms with van der Waals surface area (Å²) >= 11 is 0. The summed E-state index contributed by atoms with van der Waals surface area (Å²) in [5, 5.41) is 11.5. The van der Waals surface area contributed by atoms with Gasteiger partial charge in [0.05, 0.1) is 5.56 Å². The quantitative estimate of drug-likeness (QED) is 0.815. The Morgan fingerprint density at radius 3 is 2.90 bits per heavy atom. The number of rotatable bonds is 5. The first-order valence-electron chi connectivity index (χ1n) is 7.19. The summed E-state index contributed by atoms with van der Waals surface area (Å²) in [7, 11) is 0. The summed E-state index contributed by atoms with van der Waals surface area (Å²) < 4.78 is 0. The highest BCUT2D eigenvalue weighted by molar-refractivity contribution is 5.94. The Kier molecular flexibility index (Phi) is 5.09. The lowest BCUT2D eigenvalue weighted by atomic mass is 10.1. The third-order valence-electron chi connectivity index (χ3n) is 3.79. The molecule has 2 atom stereocenters. The standard InChI is InChI=1S/C16H20N2O3/c1-11-2-3-12(6-11)9-18-16(21)14-7-13(8-17-10-14)4-5-15(19)20/h4-5,7-8,10-12H,2-3,6,9H2,1H3,(H,18,21)(H,19,20)/b5-4+. The van der Waals surface area contributed by atoms with E-state index in [0.717, 1.165) is 12.0 Å². The van der Waals surface area contributed by atoms with Gasteiger partial charge in [-0.2, -0.15) is 0 Å². The first-order chi connectivity index (χ1) is 10.0. The fraction of sp³-hybridized carbons (Fsp3) is 0.438. The molecule has 2 unspecified atom stereocenters. The second-order valence-corrected chi connectivity index (χ2v) is 5.67. The summed E-state index contributed by atoms with van der Waals surface area (Å²) in [6, 6.07) is 1.64. The van der Waals surface area contributed by atoms with Crippen molar-refractivity contribution in [3.63, 3.8) is 0 Å². The maximum Gasteiger partial charge on any atom is 0.328 e. The fourth-order valence-electron chi connectivity index (χ4n) is 2.69. The van der Waals surface area contributed by atoms with Gasteiger partial charge in [-0.25, -0.2) is 4.79 Å². The first-order valence-corrected chi connectivity index (χ1v) is 7.19. The molecule has 1 fully saturated rings. The predicted octanol–water partition coefficient (Wildman–Crippen LogP) is 2.35. The molecule has 0 aliphatic heterocycles. The Hall–Kier alpha value is -2.17. The number of nitrogens with one attached hydrogen (secondary N) is 1. The maximum atomic E-state index is 12.1. The molecule has 0 saturated heterocycles. The molecule has 1 amide bonds. The minimum atomic E-state index is -1.03. The van der Waals surface area contributed by atoms with Crippen LogP contribution in [0, 0.1) is 11.8 Å². The van der Waals surface area contributed by atoms with E-state index in [1.54, 1.807) is 6.07 Å². The van der Waals surface area contributed by atoms with E-state index in [1.165, 1.54) is 37.7 Å². The van der Waals surface area contributed by atoms with Crippen molar-refractivity contribution in [3.05, 3.63) is 35.7 Å². The Morgan fingerprint density at radius 1 is 1.43 bits per heavy atom. The van der Waals surface area contributed by atoms with Crippen molar-refractivity contribution < 1.29 is 14.7 Å². The highest BCUT2D eigenvalue weighted by Crippen LogP contribution is 2.29. The van der Waals surface area contributed by atoms with Crippen molar-refractivity contribution >= 4 is 18.0 Å². The Balaban J connectivity index is 1.92. The molecule has 0 radical (unpaired) electrons. The van der Waals surface area contributed by atoms with E-state index in [-0.39, 0.29) is 5.91 Å². The number of amides is 1. The second kappa shape index (κ2) is 7.02. The number of aliphatic carboxylic acids is 1. The van der Waals surface area contributed by atoms with E-state index < -0.39 is 5.97 Å². The average Bonchev–Trinajstić information content (AvgIpc) is 2.88. The van der Waals surface area contributed by atoms with E-state index in [2.05, 4.69) is 17.2 Å². The monoisotopic (exact) mass is 288 g/mol. The molecule has 1 heterocycles. The largest absolute Gasteiger partial charge is 0.478 e. The van der Waals surface area contributed by atoms with Gasteiger partial charge < -0.3 is 10.4 Å². The molecule has 1 aliphatic rings. The minimum absolute atomic E-state index is 0.160. The molecule has 1 aromatic rings. The van der Waals surface area contributed by atoms with Crippen LogP contribution in [0.2, 0.25) is 0 Å². The normalized spacial score (nSPS) is 21.6. The first kappa shape index (κ1) is 15.2. The van der Waals surface area contributed by atoms with Crippen molar-refractivity contribution in [1.82, 2.24) is 10.3 Å². The number of carboxylic acid groups (broad SMARTS) is 1. The molecule has 1 saturated carbocycles. The predicted molar refractivity (Wildman–Crippen MR) is 79.7 cm³/mol. The number of carbonyl (C=O) groups is 2. The molecular formula is C16H20N2O3. The number of carbonyl (C=O) groups excluding carboxylic acids is 1. The van der Waals surface area contributed by atoms with Gasteiger partial charge in [0.1, 0.15) is 0 Å². The minimum Gasteiger partial charge on any atom is -0.478 e. The summed E-state index contributed by atoms with van der Waals surface area (Å²) in [6.07, 6.45) is 9.03. The molecule has 1 aliphatic carbocycles. The van der Waals surface area contributed by atoms with Crippen LogP contribution in [0.25, 0.3) is 6.08 Å². The van der Waals surface area contributed by atoms with E-state index in [9.17, 15) is 9.59 Å². The zero-order chi connectivity index (χ0) is 15.2. The van der Waals surface area contributed by atoms with Gasteiger partial charge in [0.25, 0.3) is 5.91 Å². The highest BCUT2D eigenvalue weighted by atomic mass is 16.4. The van der Waals surface area contributed by atoms with Crippen LogP contribution in [0.15, 0.2) is 24.5 Å². The molecule has 0 spiro atoms. The SMILES string of the molecule is CC1CCC(CNC(=O)c2cncc(/C=C/C(=O)O)c2)C1. The van der Waals surface area contributed by atoms with Crippen molar-refractivity contribution in [2.24, 2.45) is 11.8 Å². The second-order valence-electron chi connectivity index (χ2n) is 5.67. The lowest BCUT2D eigenvalue weighted by Crippen LogP contribution is -2.28. The molecule has 2 N–H and O–H groups in total. The number of pyridine rings is 1. The van der Waals surface area contributed by atoms with Gasteiger partial charge in [0.2, 0.25) is 0 Å². The van der Waals surface area contributed by atoms with Crippen LogP contribution in [-0.2, 0) is 4.79 Å². The molecule has 112 valence electrons. The van der Waals surface area contributed by atoms with Crippen molar-refractivity contribution in [2.75, 3.05) is 6.54 Å². The molecule has 5 nitrogen and oxygen atoms in total. The zero-order valence-electron chi connectivity index (χ0n) is 12.1. The van der Waals surface area contributed by atoms with Crippen LogP contribution in [0.1, 0.15) is 42.1 Å². The third-order valence-corrected chi connectivity index (χ3v) is 3.79. The molecular weight excluding hydrogens is 268 g/mol. The smallest absolute Gasteiger partial charge is 0.328 e. The van der Waals surface area contributed by atoms with Crippen molar-refractivity contribution in [3.8, 4) is 0 Å². The Bertz CT molecular complexity index is 554. The Labute approximate surface area is 124 Å². The number of carboxylic acids is 1. The highest BCUT2D eigenvalue weighted by Gasteiger charge is 2.21. The number of hydrogen-bond acceptors (Lipinski definition) is 3. The van der Waals surface area contributed by atoms with E-state index in [0.29, 0.717) is 23.6 Å². The number of aromatic nitrogens is 1. The van der Waals surface area contributed by atoms with Gasteiger partial charge in [0, 0.05) is 25.0 Å². The summed E-state index contributed by atoms with van der Waals surface area (Å²) in [5.74, 6) is 0.123. The average molecular weight is 288 g/mol. The van der Waals surface area contributed by atoms with E-state index in [1.807, 2.05) is 0 Å². The van der Waals surface area contributed by atoms with Crippen LogP contribution in [-0.4, -0.2) is 28.5 Å². The molecule has 5 heteroatoms. The van der Waals surface area contributed by atoms with Crippen molar-refractivity contribution in [2.45, 2.75) is 26.2 Å². The lowest BCUT2D eigenvalue weighted by molar-refractivity contribution is -0.131. The summed E-state index contributed by atoms with van der Waals surface area (Å²) in [4.78, 5) is 26.5. The third kappa shape index (κ3) is 4.70. The van der Waals surface area contributed by atoms with Crippen LogP contribution in [0.5, 0.6) is 0 Å². The number of hydrogen-bond donors (Lipinski definition) is 2. The number of nitrogens with zero attached hydrogens (tertiary/aromatic N) is 1. The Morgan fingerprint density at radius 2 is 2.24 bits per heavy atom. The van der Waals surface area contributed by atoms with Crippen LogP contribution in [0.4, 0.5) is 0 Å². The fourth-order valence-corrected chi connectivity index (χ4v) is 2.69. The van der Waals surface area contributed by atoms with Gasteiger partial charge in [-0.1, -0.05) is 13.3 Å². The van der Waals surface area contributed by atoms with E-state index in [4.69, 9.17) is 5.11 Å². The lowest BCUT2D eigenvalue weighted by Gasteiger charge is -2.11. The topological polar surface area (TPSA) is 79.3 Å². The van der Waals surface area contributed by atoms with Crippen molar-refractivity contribution in [1.29, 1.82) is 0 Å². The zero-order valence-corrected chi connectivity index (χ0v) is 12.1. The van der Waals surface area contributed by atoms with Crippen LogP contribution < -0.4 is 5.32 Å². The van der Waals surface area contributed by atoms with Gasteiger partial charge in [0.15, 0.2) is 0 Å². The molecule has 1 aromatic heterocycles. The van der Waals surface area contributed by atoms with Crippen LogP contribution in [0.3, 0.4) is 0 Å².